The monoisotopic (exact) mass is 406 g/mol. The fourth-order valence-electron chi connectivity index (χ4n) is 3.52. The van der Waals surface area contributed by atoms with Gasteiger partial charge in [-0.25, -0.2) is 14.1 Å². The second-order valence-corrected chi connectivity index (χ2v) is 7.70. The molecule has 0 aliphatic carbocycles. The van der Waals surface area contributed by atoms with Crippen LogP contribution in [0.4, 0.5) is 0 Å². The summed E-state index contributed by atoms with van der Waals surface area (Å²) in [6.45, 7) is 11.5. The highest BCUT2D eigenvalue weighted by atomic mass is 35.5. The highest BCUT2D eigenvalue weighted by Crippen LogP contribution is 2.18. The molecule has 0 aliphatic rings. The first-order valence-corrected chi connectivity index (χ1v) is 10.1. The molecule has 7 N–H and O–H groups in total. The van der Waals surface area contributed by atoms with Crippen molar-refractivity contribution in [2.24, 2.45) is 22.2 Å². The van der Waals surface area contributed by atoms with Gasteiger partial charge in [-0.3, -0.25) is 0 Å². The molecular formula is C20H33ClN7+. The third-order valence-corrected chi connectivity index (χ3v) is 5.07. The zero-order chi connectivity index (χ0) is 20.9. The van der Waals surface area contributed by atoms with Gasteiger partial charge in [0, 0.05) is 24.0 Å². The second kappa shape index (κ2) is 9.41. The van der Waals surface area contributed by atoms with Crippen LogP contribution in [0.25, 0.3) is 11.0 Å². The summed E-state index contributed by atoms with van der Waals surface area (Å²) < 4.78 is 4.68. The van der Waals surface area contributed by atoms with Crippen LogP contribution >= 0.6 is 11.6 Å². The molecule has 8 heteroatoms. The predicted molar refractivity (Wildman–Crippen MR) is 117 cm³/mol. The molecule has 0 radical (unpaired) electrons. The Morgan fingerprint density at radius 2 is 2.04 bits per heavy atom. The highest BCUT2D eigenvalue weighted by Gasteiger charge is 2.26. The number of benzene rings is 1. The van der Waals surface area contributed by atoms with Gasteiger partial charge in [0.2, 0.25) is 0 Å². The molecule has 1 aromatic carbocycles. The SMILES string of the molecule is CCn1c(CNC(C)(C)C/C(N)=N\C(N)=C\Cl)[n+](CC)c2ccc(CN)cc21. The number of nitrogens with two attached hydrogens (primary N) is 3. The topological polar surface area (TPSA) is 111 Å². The minimum Gasteiger partial charge on any atom is -0.387 e. The Balaban J connectivity index is 2.31. The summed E-state index contributed by atoms with van der Waals surface area (Å²) in [7, 11) is 0. The van der Waals surface area contributed by atoms with Crippen LogP contribution in [0.2, 0.25) is 0 Å². The smallest absolute Gasteiger partial charge is 0.271 e. The fraction of sp³-hybridized carbons (Fsp3) is 0.500. The van der Waals surface area contributed by atoms with Crippen LogP contribution in [0.1, 0.15) is 45.5 Å². The number of imidazole rings is 1. The minimum atomic E-state index is -0.261. The van der Waals surface area contributed by atoms with E-state index in [0.29, 0.717) is 25.3 Å². The van der Waals surface area contributed by atoms with Crippen molar-refractivity contribution in [2.75, 3.05) is 0 Å². The van der Waals surface area contributed by atoms with Crippen molar-refractivity contribution >= 4 is 28.5 Å². The number of rotatable bonds is 9. The molecule has 0 aliphatic heterocycles. The quantitative estimate of drug-likeness (QED) is 0.290. The maximum Gasteiger partial charge on any atom is 0.271 e. The Morgan fingerprint density at radius 1 is 1.32 bits per heavy atom. The third kappa shape index (κ3) is 5.04. The third-order valence-electron chi connectivity index (χ3n) is 4.85. The molecule has 0 spiro atoms. The Hall–Kier alpha value is -2.09. The number of fused-ring (bicyclic) bond motifs is 1. The van der Waals surface area contributed by atoms with Crippen LogP contribution < -0.4 is 27.1 Å². The van der Waals surface area contributed by atoms with Crippen molar-refractivity contribution in [3.63, 3.8) is 0 Å². The maximum atomic E-state index is 6.02. The van der Waals surface area contributed by atoms with E-state index in [-0.39, 0.29) is 11.4 Å². The van der Waals surface area contributed by atoms with Crippen molar-refractivity contribution in [2.45, 2.75) is 65.8 Å². The summed E-state index contributed by atoms with van der Waals surface area (Å²) in [5.41, 5.74) is 22.0. The van der Waals surface area contributed by atoms with Gasteiger partial charge in [0.1, 0.15) is 11.7 Å². The number of aryl methyl sites for hydroxylation is 2. The number of amidine groups is 1. The van der Waals surface area contributed by atoms with E-state index in [9.17, 15) is 0 Å². The molecule has 0 amide bonds. The molecule has 0 saturated carbocycles. The van der Waals surface area contributed by atoms with Crippen LogP contribution in [-0.2, 0) is 26.2 Å². The van der Waals surface area contributed by atoms with Gasteiger partial charge in [0.05, 0.1) is 19.6 Å². The van der Waals surface area contributed by atoms with Gasteiger partial charge in [-0.2, -0.15) is 0 Å². The summed E-state index contributed by atoms with van der Waals surface area (Å²) in [6.07, 6.45) is 0.550. The van der Waals surface area contributed by atoms with Gasteiger partial charge >= 0.3 is 0 Å². The Kier molecular flexibility index (Phi) is 7.46. The van der Waals surface area contributed by atoms with Gasteiger partial charge in [-0.05, 0) is 45.4 Å². The average Bonchev–Trinajstić information content (AvgIpc) is 2.97. The number of hydrogen-bond donors (Lipinski definition) is 4. The van der Waals surface area contributed by atoms with Gasteiger partial charge in [-0.15, -0.1) is 0 Å². The molecule has 2 rings (SSSR count). The molecule has 28 heavy (non-hydrogen) atoms. The van der Waals surface area contributed by atoms with E-state index in [0.717, 1.165) is 18.7 Å². The van der Waals surface area contributed by atoms with Crippen molar-refractivity contribution in [3.8, 4) is 0 Å². The van der Waals surface area contributed by atoms with Crippen molar-refractivity contribution in [1.29, 1.82) is 0 Å². The van der Waals surface area contributed by atoms with E-state index in [2.05, 4.69) is 65.3 Å². The maximum absolute atomic E-state index is 6.02. The van der Waals surface area contributed by atoms with Crippen LogP contribution in [0.3, 0.4) is 0 Å². The van der Waals surface area contributed by atoms with Crippen LogP contribution in [0, 0.1) is 0 Å². The Labute approximate surface area is 172 Å². The van der Waals surface area contributed by atoms with Crippen molar-refractivity contribution < 1.29 is 4.57 Å². The molecule has 0 fully saturated rings. The molecule has 0 unspecified atom stereocenters. The van der Waals surface area contributed by atoms with Crippen LogP contribution in [0.15, 0.2) is 34.5 Å². The molecule has 0 atom stereocenters. The zero-order valence-electron chi connectivity index (χ0n) is 17.3. The Bertz CT molecular complexity index is 880. The first-order chi connectivity index (χ1) is 13.3. The Morgan fingerprint density at radius 3 is 2.61 bits per heavy atom. The zero-order valence-corrected chi connectivity index (χ0v) is 18.1. The molecule has 0 saturated heterocycles. The van der Waals surface area contributed by atoms with E-state index in [1.54, 1.807) is 0 Å². The van der Waals surface area contributed by atoms with Gasteiger partial charge < -0.3 is 22.5 Å². The molecule has 154 valence electrons. The first kappa shape index (κ1) is 22.2. The summed E-state index contributed by atoms with van der Waals surface area (Å²) >= 11 is 5.56. The van der Waals surface area contributed by atoms with Gasteiger partial charge in [0.25, 0.3) is 5.82 Å². The lowest BCUT2D eigenvalue weighted by Gasteiger charge is -2.25. The summed E-state index contributed by atoms with van der Waals surface area (Å²) in [6, 6.07) is 6.45. The van der Waals surface area contributed by atoms with Gasteiger partial charge in [-0.1, -0.05) is 17.7 Å². The van der Waals surface area contributed by atoms with E-state index in [1.165, 1.54) is 22.4 Å². The predicted octanol–water partition coefficient (Wildman–Crippen LogP) is 2.04. The summed E-state index contributed by atoms with van der Waals surface area (Å²) in [5.74, 6) is 1.87. The highest BCUT2D eigenvalue weighted by molar-refractivity contribution is 6.25. The molecule has 7 nitrogen and oxygen atoms in total. The lowest BCUT2D eigenvalue weighted by molar-refractivity contribution is -0.676. The summed E-state index contributed by atoms with van der Waals surface area (Å²) in [4.78, 5) is 4.10. The first-order valence-electron chi connectivity index (χ1n) is 9.64. The van der Waals surface area contributed by atoms with E-state index >= 15 is 0 Å². The summed E-state index contributed by atoms with van der Waals surface area (Å²) in [5, 5.41) is 3.62. The number of hydrogen-bond acceptors (Lipinski definition) is 4. The van der Waals surface area contributed by atoms with Crippen molar-refractivity contribution in [1.82, 2.24) is 9.88 Å². The van der Waals surface area contributed by atoms with Crippen LogP contribution in [0.5, 0.6) is 0 Å². The largest absolute Gasteiger partial charge is 0.387 e. The number of nitrogens with zero attached hydrogens (tertiary/aromatic N) is 3. The molecular weight excluding hydrogens is 374 g/mol. The number of nitrogens with one attached hydrogen (secondary N) is 1. The average molecular weight is 407 g/mol. The molecule has 0 bridgehead atoms. The van der Waals surface area contributed by atoms with E-state index in [4.69, 9.17) is 28.8 Å². The van der Waals surface area contributed by atoms with E-state index < -0.39 is 0 Å². The standard InChI is InChI=1S/C20H33ClN7/c1-5-27-15-8-7-14(12-22)9-16(15)28(6-2)19(27)13-25-20(3,4)10-17(23)26-18(24)11-21/h7-9,11,25H,5-6,10,12-13,22,24H2,1-4H3,(H2,23,26)/q+1/b18-11+. The van der Waals surface area contributed by atoms with Crippen LogP contribution in [-0.4, -0.2) is 15.9 Å². The van der Waals surface area contributed by atoms with Gasteiger partial charge in [0.15, 0.2) is 11.0 Å². The lowest BCUT2D eigenvalue weighted by Crippen LogP contribution is -2.46. The molecule has 1 aromatic heterocycles. The number of halogens is 1. The molecule has 2 aromatic rings. The fourth-order valence-corrected chi connectivity index (χ4v) is 3.57. The van der Waals surface area contributed by atoms with E-state index in [1.807, 2.05) is 0 Å². The van der Waals surface area contributed by atoms with Crippen molar-refractivity contribution in [3.05, 3.63) is 40.9 Å². The second-order valence-electron chi connectivity index (χ2n) is 7.48. The number of aliphatic imine (C=N–C) groups is 1. The molecule has 1 heterocycles. The number of aromatic nitrogens is 2. The lowest BCUT2D eigenvalue weighted by atomic mass is 10.00. The minimum absolute atomic E-state index is 0.209. The normalized spacial score (nSPS) is 13.5.